The fraction of sp³-hybridized carbons (Fsp3) is 0.250. The average molecular weight is 337 g/mol. The van der Waals surface area contributed by atoms with E-state index in [9.17, 15) is 4.79 Å². The summed E-state index contributed by atoms with van der Waals surface area (Å²) in [6.07, 6.45) is 0.734. The molecule has 1 heterocycles. The summed E-state index contributed by atoms with van der Waals surface area (Å²) < 4.78 is 5.95. The van der Waals surface area contributed by atoms with Crippen LogP contribution in [0.15, 0.2) is 36.4 Å². The van der Waals surface area contributed by atoms with Gasteiger partial charge in [0, 0.05) is 35.3 Å². The van der Waals surface area contributed by atoms with Crippen molar-refractivity contribution in [3.05, 3.63) is 64.3 Å². The first kappa shape index (κ1) is 17.0. The highest BCUT2D eigenvalue weighted by atomic mass is 16.5. The number of carbonyl (C=O) groups is 1. The molecule has 3 rings (SSSR count). The van der Waals surface area contributed by atoms with Crippen LogP contribution in [-0.2, 0) is 13.0 Å². The summed E-state index contributed by atoms with van der Waals surface area (Å²) in [6, 6.07) is 11.5. The fourth-order valence-corrected chi connectivity index (χ4v) is 2.98. The van der Waals surface area contributed by atoms with E-state index in [1.807, 2.05) is 12.1 Å². The Morgan fingerprint density at radius 1 is 1.16 bits per heavy atom. The van der Waals surface area contributed by atoms with Gasteiger partial charge < -0.3 is 21.2 Å². The highest BCUT2D eigenvalue weighted by molar-refractivity contribution is 5.97. The van der Waals surface area contributed by atoms with Gasteiger partial charge in [0.25, 0.3) is 0 Å². The third-order valence-electron chi connectivity index (χ3n) is 4.62. The van der Waals surface area contributed by atoms with Crippen LogP contribution in [0.2, 0.25) is 0 Å². The maximum absolute atomic E-state index is 11.3. The van der Waals surface area contributed by atoms with E-state index in [1.54, 1.807) is 12.1 Å². The van der Waals surface area contributed by atoms with Crippen LogP contribution in [0.25, 0.3) is 10.9 Å². The molecule has 3 aromatic rings. The number of rotatable bonds is 6. The molecular formula is C20H23N3O2. The van der Waals surface area contributed by atoms with Crippen LogP contribution >= 0.6 is 0 Å². The zero-order valence-corrected chi connectivity index (χ0v) is 14.6. The van der Waals surface area contributed by atoms with Gasteiger partial charge in [0.05, 0.1) is 6.61 Å². The molecule has 5 heteroatoms. The first-order valence-electron chi connectivity index (χ1n) is 8.33. The maximum Gasteiger partial charge on any atom is 0.248 e. The van der Waals surface area contributed by atoms with Crippen molar-refractivity contribution in [3.63, 3.8) is 0 Å². The van der Waals surface area contributed by atoms with Crippen LogP contribution in [0.5, 0.6) is 5.75 Å². The number of nitrogens with two attached hydrogens (primary N) is 2. The Bertz CT molecular complexity index is 928. The van der Waals surface area contributed by atoms with Gasteiger partial charge in [-0.2, -0.15) is 0 Å². The third-order valence-corrected chi connectivity index (χ3v) is 4.62. The molecule has 25 heavy (non-hydrogen) atoms. The molecule has 2 aromatic carbocycles. The molecule has 5 nitrogen and oxygen atoms in total. The Labute approximate surface area is 147 Å². The molecule has 1 aromatic heterocycles. The van der Waals surface area contributed by atoms with Gasteiger partial charge in [-0.25, -0.2) is 0 Å². The van der Waals surface area contributed by atoms with Crippen molar-refractivity contribution in [2.45, 2.75) is 26.8 Å². The van der Waals surface area contributed by atoms with Crippen LogP contribution in [0.1, 0.15) is 32.7 Å². The predicted molar refractivity (Wildman–Crippen MR) is 99.8 cm³/mol. The summed E-state index contributed by atoms with van der Waals surface area (Å²) in [5.41, 5.74) is 17.1. The van der Waals surface area contributed by atoms with E-state index in [0.717, 1.165) is 34.3 Å². The molecule has 0 aliphatic carbocycles. The summed E-state index contributed by atoms with van der Waals surface area (Å²) in [6.45, 7) is 5.15. The highest BCUT2D eigenvalue weighted by Crippen LogP contribution is 2.25. The van der Waals surface area contributed by atoms with Crippen molar-refractivity contribution < 1.29 is 9.53 Å². The van der Waals surface area contributed by atoms with Gasteiger partial charge in [-0.15, -0.1) is 0 Å². The maximum atomic E-state index is 11.3. The van der Waals surface area contributed by atoms with Crippen LogP contribution < -0.4 is 16.2 Å². The molecular weight excluding hydrogens is 314 g/mol. The van der Waals surface area contributed by atoms with Crippen molar-refractivity contribution in [2.75, 3.05) is 6.61 Å². The molecule has 0 spiro atoms. The number of aromatic amines is 1. The van der Waals surface area contributed by atoms with Crippen molar-refractivity contribution in [3.8, 4) is 5.75 Å². The number of hydrogen-bond donors (Lipinski definition) is 3. The van der Waals surface area contributed by atoms with Crippen molar-refractivity contribution in [2.24, 2.45) is 11.5 Å². The number of H-pyrrole nitrogens is 1. The molecule has 0 atom stereocenters. The van der Waals surface area contributed by atoms with Crippen LogP contribution in [0.3, 0.4) is 0 Å². The number of hydrogen-bond acceptors (Lipinski definition) is 3. The number of carbonyl (C=O) groups excluding carboxylic acids is 1. The predicted octanol–water partition coefficient (Wildman–Crippen LogP) is 2.96. The fourth-order valence-electron chi connectivity index (χ4n) is 2.98. The number of aromatic nitrogens is 1. The molecule has 0 aliphatic heterocycles. The lowest BCUT2D eigenvalue weighted by molar-refractivity contribution is 0.100. The number of aryl methyl sites for hydroxylation is 1. The van der Waals surface area contributed by atoms with E-state index in [-0.39, 0.29) is 0 Å². The van der Waals surface area contributed by atoms with Crippen molar-refractivity contribution >= 4 is 16.8 Å². The first-order valence-corrected chi connectivity index (χ1v) is 8.33. The van der Waals surface area contributed by atoms with Crippen molar-refractivity contribution in [1.82, 2.24) is 4.98 Å². The van der Waals surface area contributed by atoms with Crippen LogP contribution in [0.4, 0.5) is 0 Å². The Balaban J connectivity index is 1.71. The number of primary amides is 1. The van der Waals surface area contributed by atoms with Gasteiger partial charge >= 0.3 is 0 Å². The minimum absolute atomic E-state index is 0.426. The molecule has 1 amide bonds. The molecule has 0 fully saturated rings. The van der Waals surface area contributed by atoms with E-state index in [1.165, 1.54) is 11.1 Å². The average Bonchev–Trinajstić information content (AvgIpc) is 3.00. The standard InChI is InChI=1S/C20H23N3O2/c1-12-3-6-19(17(11-21)13(12)2)25-8-7-16-9-14-4-5-15(20(22)24)10-18(14)23-16/h3-6,9-10,23H,7-8,11,21H2,1-2H3,(H2,22,24). The SMILES string of the molecule is Cc1ccc(OCCc2cc3ccc(C(N)=O)cc3[nH]2)c(CN)c1C. The topological polar surface area (TPSA) is 94.1 Å². The lowest BCUT2D eigenvalue weighted by Crippen LogP contribution is -2.10. The number of amides is 1. The monoisotopic (exact) mass is 337 g/mol. The molecule has 0 unspecified atom stereocenters. The molecule has 130 valence electrons. The van der Waals surface area contributed by atoms with Crippen molar-refractivity contribution in [1.29, 1.82) is 0 Å². The van der Waals surface area contributed by atoms with E-state index in [2.05, 4.69) is 31.0 Å². The second-order valence-electron chi connectivity index (χ2n) is 6.25. The van der Waals surface area contributed by atoms with Gasteiger partial charge in [0.2, 0.25) is 5.91 Å². The highest BCUT2D eigenvalue weighted by Gasteiger charge is 2.09. The van der Waals surface area contributed by atoms with Gasteiger partial charge in [0.15, 0.2) is 0 Å². The zero-order chi connectivity index (χ0) is 18.0. The molecule has 0 saturated carbocycles. The molecule has 0 aliphatic rings. The second kappa shape index (κ2) is 6.99. The number of benzene rings is 2. The summed E-state index contributed by atoms with van der Waals surface area (Å²) >= 11 is 0. The van der Waals surface area contributed by atoms with E-state index in [4.69, 9.17) is 16.2 Å². The Hall–Kier alpha value is -2.79. The lowest BCUT2D eigenvalue weighted by Gasteiger charge is -2.14. The molecule has 0 radical (unpaired) electrons. The Morgan fingerprint density at radius 2 is 1.96 bits per heavy atom. The zero-order valence-electron chi connectivity index (χ0n) is 14.6. The van der Waals surface area contributed by atoms with E-state index in [0.29, 0.717) is 18.7 Å². The number of ether oxygens (including phenoxy) is 1. The first-order chi connectivity index (χ1) is 12.0. The minimum atomic E-state index is -0.426. The number of fused-ring (bicyclic) bond motifs is 1. The molecule has 5 N–H and O–H groups in total. The smallest absolute Gasteiger partial charge is 0.248 e. The normalized spacial score (nSPS) is 11.0. The minimum Gasteiger partial charge on any atom is -0.493 e. The Morgan fingerprint density at radius 3 is 2.68 bits per heavy atom. The Kier molecular flexibility index (Phi) is 4.76. The van der Waals surface area contributed by atoms with Gasteiger partial charge in [-0.3, -0.25) is 4.79 Å². The van der Waals surface area contributed by atoms with Gasteiger partial charge in [-0.1, -0.05) is 12.1 Å². The summed E-state index contributed by atoms with van der Waals surface area (Å²) in [5, 5.41) is 1.05. The summed E-state index contributed by atoms with van der Waals surface area (Å²) in [7, 11) is 0. The van der Waals surface area contributed by atoms with Crippen LogP contribution in [-0.4, -0.2) is 17.5 Å². The summed E-state index contributed by atoms with van der Waals surface area (Å²) in [4.78, 5) is 14.6. The van der Waals surface area contributed by atoms with E-state index < -0.39 is 5.91 Å². The lowest BCUT2D eigenvalue weighted by atomic mass is 10.0. The second-order valence-corrected chi connectivity index (χ2v) is 6.25. The van der Waals surface area contributed by atoms with E-state index >= 15 is 0 Å². The molecule has 0 bridgehead atoms. The third kappa shape index (κ3) is 3.51. The summed E-state index contributed by atoms with van der Waals surface area (Å²) in [5.74, 6) is 0.420. The quantitative estimate of drug-likeness (QED) is 0.645. The largest absolute Gasteiger partial charge is 0.493 e. The van der Waals surface area contributed by atoms with Gasteiger partial charge in [0.1, 0.15) is 5.75 Å². The van der Waals surface area contributed by atoms with Crippen LogP contribution in [0, 0.1) is 13.8 Å². The number of nitrogens with one attached hydrogen (secondary N) is 1. The van der Waals surface area contributed by atoms with Gasteiger partial charge in [-0.05, 0) is 54.6 Å². The molecule has 0 saturated heterocycles.